The minimum absolute atomic E-state index is 0.226. The number of carbonyl (C=O) groups is 1. The van der Waals surface area contributed by atoms with Gasteiger partial charge in [0.15, 0.2) is 0 Å². The van der Waals surface area contributed by atoms with Crippen molar-refractivity contribution in [3.63, 3.8) is 0 Å². The van der Waals surface area contributed by atoms with E-state index in [0.29, 0.717) is 24.9 Å². The molecular formula is C17H23N3O3. The zero-order valence-electron chi connectivity index (χ0n) is 13.9. The molecule has 0 spiro atoms. The molecule has 0 saturated heterocycles. The van der Waals surface area contributed by atoms with Gasteiger partial charge in [0.2, 0.25) is 11.8 Å². The zero-order chi connectivity index (χ0) is 16.7. The van der Waals surface area contributed by atoms with E-state index in [4.69, 9.17) is 9.15 Å². The topological polar surface area (TPSA) is 68.5 Å². The fourth-order valence-electron chi connectivity index (χ4n) is 2.24. The molecule has 6 heteroatoms. The molecule has 0 aliphatic carbocycles. The fourth-order valence-corrected chi connectivity index (χ4v) is 2.24. The molecule has 0 amide bonds. The van der Waals surface area contributed by atoms with Crippen LogP contribution in [0.5, 0.6) is 0 Å². The Morgan fingerprint density at radius 3 is 2.61 bits per heavy atom. The van der Waals surface area contributed by atoms with Gasteiger partial charge in [0, 0.05) is 5.56 Å². The molecule has 2 aromatic rings. The maximum Gasteiger partial charge on any atom is 0.320 e. The van der Waals surface area contributed by atoms with Crippen molar-refractivity contribution in [2.75, 3.05) is 19.7 Å². The SMILES string of the molecule is CCCN(CC(=O)OCC)Cc1nnc(-c2ccc(C)cc2)o1. The van der Waals surface area contributed by atoms with Crippen LogP contribution in [0.3, 0.4) is 0 Å². The van der Waals surface area contributed by atoms with Crippen LogP contribution < -0.4 is 0 Å². The molecule has 0 radical (unpaired) electrons. The number of ether oxygens (including phenoxy) is 1. The molecule has 2 rings (SSSR count). The van der Waals surface area contributed by atoms with E-state index in [9.17, 15) is 4.79 Å². The molecule has 1 aromatic heterocycles. The van der Waals surface area contributed by atoms with E-state index in [1.165, 1.54) is 5.56 Å². The van der Waals surface area contributed by atoms with Gasteiger partial charge >= 0.3 is 5.97 Å². The van der Waals surface area contributed by atoms with Crippen LogP contribution in [0.2, 0.25) is 0 Å². The molecule has 1 aromatic carbocycles. The lowest BCUT2D eigenvalue weighted by atomic mass is 10.1. The minimum atomic E-state index is -0.237. The van der Waals surface area contributed by atoms with Crippen LogP contribution in [0.25, 0.3) is 11.5 Å². The summed E-state index contributed by atoms with van der Waals surface area (Å²) in [6.07, 6.45) is 0.929. The lowest BCUT2D eigenvalue weighted by Crippen LogP contribution is -2.31. The summed E-state index contributed by atoms with van der Waals surface area (Å²) >= 11 is 0. The maximum atomic E-state index is 11.6. The van der Waals surface area contributed by atoms with Crippen molar-refractivity contribution in [2.24, 2.45) is 0 Å². The second-order valence-electron chi connectivity index (χ2n) is 5.38. The van der Waals surface area contributed by atoms with E-state index >= 15 is 0 Å². The number of benzene rings is 1. The van der Waals surface area contributed by atoms with Crippen LogP contribution in [-0.4, -0.2) is 40.8 Å². The third-order valence-electron chi connectivity index (χ3n) is 3.32. The van der Waals surface area contributed by atoms with Gasteiger partial charge in [0.1, 0.15) is 0 Å². The molecule has 0 unspecified atom stereocenters. The maximum absolute atomic E-state index is 11.6. The Labute approximate surface area is 136 Å². The van der Waals surface area contributed by atoms with Gasteiger partial charge in [-0.25, -0.2) is 0 Å². The number of hydrogen-bond donors (Lipinski definition) is 0. The molecule has 0 atom stereocenters. The molecule has 0 saturated carbocycles. The average molecular weight is 317 g/mol. The van der Waals surface area contributed by atoms with Crippen molar-refractivity contribution >= 4 is 5.97 Å². The first-order chi connectivity index (χ1) is 11.1. The van der Waals surface area contributed by atoms with Crippen molar-refractivity contribution in [3.05, 3.63) is 35.7 Å². The smallest absolute Gasteiger partial charge is 0.320 e. The van der Waals surface area contributed by atoms with Crippen molar-refractivity contribution in [1.82, 2.24) is 15.1 Å². The Hall–Kier alpha value is -2.21. The van der Waals surface area contributed by atoms with E-state index in [-0.39, 0.29) is 12.5 Å². The van der Waals surface area contributed by atoms with Crippen LogP contribution in [0.4, 0.5) is 0 Å². The van der Waals surface area contributed by atoms with Crippen molar-refractivity contribution < 1.29 is 13.9 Å². The summed E-state index contributed by atoms with van der Waals surface area (Å²) < 4.78 is 10.7. The number of rotatable bonds is 8. The largest absolute Gasteiger partial charge is 0.465 e. The third kappa shape index (κ3) is 5.17. The number of aryl methyl sites for hydroxylation is 1. The van der Waals surface area contributed by atoms with Crippen LogP contribution in [0, 0.1) is 6.92 Å². The second-order valence-corrected chi connectivity index (χ2v) is 5.38. The van der Waals surface area contributed by atoms with E-state index in [1.807, 2.05) is 36.1 Å². The first-order valence-corrected chi connectivity index (χ1v) is 7.89. The lowest BCUT2D eigenvalue weighted by Gasteiger charge is -2.18. The van der Waals surface area contributed by atoms with Crippen molar-refractivity contribution in [1.29, 1.82) is 0 Å². The summed E-state index contributed by atoms with van der Waals surface area (Å²) in [6, 6.07) is 7.91. The lowest BCUT2D eigenvalue weighted by molar-refractivity contribution is -0.144. The number of esters is 1. The number of nitrogens with zero attached hydrogens (tertiary/aromatic N) is 3. The van der Waals surface area contributed by atoms with E-state index < -0.39 is 0 Å². The zero-order valence-corrected chi connectivity index (χ0v) is 13.9. The summed E-state index contributed by atoms with van der Waals surface area (Å²) in [5.74, 6) is 0.755. The van der Waals surface area contributed by atoms with E-state index in [0.717, 1.165) is 18.5 Å². The highest BCUT2D eigenvalue weighted by molar-refractivity contribution is 5.71. The quantitative estimate of drug-likeness (QED) is 0.697. The molecule has 0 aliphatic rings. The van der Waals surface area contributed by atoms with Gasteiger partial charge in [-0.2, -0.15) is 0 Å². The first kappa shape index (κ1) is 17.1. The molecule has 0 N–H and O–H groups in total. The van der Waals surface area contributed by atoms with E-state index in [2.05, 4.69) is 17.1 Å². The Morgan fingerprint density at radius 2 is 1.96 bits per heavy atom. The van der Waals surface area contributed by atoms with Gasteiger partial charge < -0.3 is 9.15 Å². The van der Waals surface area contributed by atoms with Crippen LogP contribution in [-0.2, 0) is 16.1 Å². The Kier molecular flexibility index (Phi) is 6.29. The highest BCUT2D eigenvalue weighted by atomic mass is 16.5. The Balaban J connectivity index is 2.03. The van der Waals surface area contributed by atoms with Crippen LogP contribution in [0.1, 0.15) is 31.7 Å². The summed E-state index contributed by atoms with van der Waals surface area (Å²) in [7, 11) is 0. The first-order valence-electron chi connectivity index (χ1n) is 7.89. The number of carbonyl (C=O) groups excluding carboxylic acids is 1. The van der Waals surface area contributed by atoms with E-state index in [1.54, 1.807) is 6.92 Å². The Morgan fingerprint density at radius 1 is 1.22 bits per heavy atom. The van der Waals surface area contributed by atoms with Gasteiger partial charge in [-0.15, -0.1) is 10.2 Å². The monoisotopic (exact) mass is 317 g/mol. The molecular weight excluding hydrogens is 294 g/mol. The number of aromatic nitrogens is 2. The molecule has 0 bridgehead atoms. The summed E-state index contributed by atoms with van der Waals surface area (Å²) in [5.41, 5.74) is 2.07. The summed E-state index contributed by atoms with van der Waals surface area (Å²) in [4.78, 5) is 13.6. The third-order valence-corrected chi connectivity index (χ3v) is 3.32. The standard InChI is InChI=1S/C17H23N3O3/c1-4-10-20(12-16(21)22-5-2)11-15-18-19-17(23-15)14-8-6-13(3)7-9-14/h6-9H,4-5,10-12H2,1-3H3. The van der Waals surface area contributed by atoms with Gasteiger partial charge in [0.25, 0.3) is 0 Å². The van der Waals surface area contributed by atoms with Crippen LogP contribution >= 0.6 is 0 Å². The second kappa shape index (κ2) is 8.43. The fraction of sp³-hybridized carbons (Fsp3) is 0.471. The van der Waals surface area contributed by atoms with Gasteiger partial charge in [-0.05, 0) is 38.9 Å². The minimum Gasteiger partial charge on any atom is -0.465 e. The average Bonchev–Trinajstić information content (AvgIpc) is 2.97. The summed E-state index contributed by atoms with van der Waals surface area (Å²) in [5, 5.41) is 8.17. The van der Waals surface area contributed by atoms with Gasteiger partial charge in [0.05, 0.1) is 19.7 Å². The van der Waals surface area contributed by atoms with Gasteiger partial charge in [-0.1, -0.05) is 24.6 Å². The van der Waals surface area contributed by atoms with Crippen molar-refractivity contribution in [3.8, 4) is 11.5 Å². The molecule has 124 valence electrons. The molecule has 0 fully saturated rings. The predicted molar refractivity (Wildman–Crippen MR) is 86.7 cm³/mol. The molecule has 0 aliphatic heterocycles. The predicted octanol–water partition coefficient (Wildman–Crippen LogP) is 2.82. The molecule has 1 heterocycles. The summed E-state index contributed by atoms with van der Waals surface area (Å²) in [6.45, 7) is 7.70. The number of hydrogen-bond acceptors (Lipinski definition) is 6. The van der Waals surface area contributed by atoms with Crippen LogP contribution in [0.15, 0.2) is 28.7 Å². The highest BCUT2D eigenvalue weighted by Crippen LogP contribution is 2.18. The highest BCUT2D eigenvalue weighted by Gasteiger charge is 2.15. The molecule has 6 nitrogen and oxygen atoms in total. The van der Waals surface area contributed by atoms with Crippen molar-refractivity contribution in [2.45, 2.75) is 33.7 Å². The normalized spacial score (nSPS) is 11.0. The Bertz CT molecular complexity index is 622. The van der Waals surface area contributed by atoms with Gasteiger partial charge in [-0.3, -0.25) is 9.69 Å². The molecule has 23 heavy (non-hydrogen) atoms.